The van der Waals surface area contributed by atoms with Crippen LogP contribution in [0.15, 0.2) is 57.1 Å². The summed E-state index contributed by atoms with van der Waals surface area (Å²) in [6.07, 6.45) is 3.36. The number of hydrogen-bond acceptors (Lipinski definition) is 3. The minimum Gasteiger partial charge on any atom is -0.464 e. The molecule has 0 aliphatic heterocycles. The van der Waals surface area contributed by atoms with Gasteiger partial charge in [0.25, 0.3) is 0 Å². The van der Waals surface area contributed by atoms with Gasteiger partial charge in [0.2, 0.25) is 0 Å². The van der Waals surface area contributed by atoms with E-state index in [1.165, 1.54) is 0 Å². The molecule has 0 N–H and O–H groups in total. The van der Waals surface area contributed by atoms with E-state index in [1.54, 1.807) is 23.9 Å². The first kappa shape index (κ1) is 8.56. The van der Waals surface area contributed by atoms with Gasteiger partial charge in [-0.25, -0.2) is 0 Å². The molecule has 3 aromatic rings. The summed E-state index contributed by atoms with van der Waals surface area (Å²) in [6.45, 7) is 0. The summed E-state index contributed by atoms with van der Waals surface area (Å²) in [5.41, 5.74) is 1.08. The molecule has 0 radical (unpaired) electrons. The molecule has 0 aliphatic carbocycles. The van der Waals surface area contributed by atoms with Crippen LogP contribution in [-0.2, 0) is 0 Å². The van der Waals surface area contributed by atoms with Crippen LogP contribution in [0.4, 0.5) is 0 Å². The molecule has 3 heteroatoms. The molecule has 3 rings (SSSR count). The lowest BCUT2D eigenvalue weighted by Crippen LogP contribution is -1.72. The molecular weight excluding hydrogens is 208 g/mol. The Balaban J connectivity index is 2.15. The number of hydrogen-bond donors (Lipinski definition) is 0. The molecular formula is C12H8O2S. The summed E-state index contributed by atoms with van der Waals surface area (Å²) in [6, 6.07) is 9.73. The summed E-state index contributed by atoms with van der Waals surface area (Å²) in [5.74, 6) is 1.76. The zero-order valence-electron chi connectivity index (χ0n) is 7.84. The molecule has 0 amide bonds. The Morgan fingerprint density at radius 3 is 2.27 bits per heavy atom. The van der Waals surface area contributed by atoms with E-state index in [2.05, 4.69) is 0 Å². The van der Waals surface area contributed by atoms with Gasteiger partial charge in [-0.2, -0.15) is 0 Å². The zero-order valence-corrected chi connectivity index (χ0v) is 8.66. The first-order valence-electron chi connectivity index (χ1n) is 4.60. The normalized spacial score (nSPS) is 10.7. The van der Waals surface area contributed by atoms with Crippen molar-refractivity contribution in [2.24, 2.45) is 0 Å². The highest BCUT2D eigenvalue weighted by Gasteiger charge is 2.12. The van der Waals surface area contributed by atoms with Gasteiger partial charge in [-0.3, -0.25) is 0 Å². The van der Waals surface area contributed by atoms with Gasteiger partial charge >= 0.3 is 0 Å². The second-order valence-electron chi connectivity index (χ2n) is 3.12. The predicted octanol–water partition coefficient (Wildman–Crippen LogP) is 4.27. The second-order valence-corrected chi connectivity index (χ2v) is 4.03. The van der Waals surface area contributed by atoms with Gasteiger partial charge in [0.1, 0.15) is 11.5 Å². The van der Waals surface area contributed by atoms with E-state index in [0.717, 1.165) is 22.0 Å². The summed E-state index contributed by atoms with van der Waals surface area (Å²) >= 11 is 1.65. The van der Waals surface area contributed by atoms with Gasteiger partial charge in [0.05, 0.1) is 17.4 Å². The van der Waals surface area contributed by atoms with Crippen LogP contribution in [0.5, 0.6) is 0 Å². The summed E-state index contributed by atoms with van der Waals surface area (Å²) in [7, 11) is 0. The highest BCUT2D eigenvalue weighted by molar-refractivity contribution is 7.14. The van der Waals surface area contributed by atoms with Crippen LogP contribution in [0, 0.1) is 0 Å². The van der Waals surface area contributed by atoms with Crippen LogP contribution in [0.1, 0.15) is 0 Å². The van der Waals surface area contributed by atoms with Crippen molar-refractivity contribution in [1.29, 1.82) is 0 Å². The molecule has 0 unspecified atom stereocenters. The molecule has 0 fully saturated rings. The molecule has 3 heterocycles. The van der Waals surface area contributed by atoms with E-state index < -0.39 is 0 Å². The fourth-order valence-electron chi connectivity index (χ4n) is 1.53. The first-order chi connectivity index (χ1) is 7.45. The van der Waals surface area contributed by atoms with E-state index in [9.17, 15) is 0 Å². The van der Waals surface area contributed by atoms with Crippen LogP contribution in [0.25, 0.3) is 22.0 Å². The van der Waals surface area contributed by atoms with Crippen LogP contribution in [-0.4, -0.2) is 0 Å². The lowest BCUT2D eigenvalue weighted by molar-refractivity contribution is 0.577. The molecule has 0 bridgehead atoms. The standard InChI is InChI=1S/C12H8O2S/c1-3-10(13-6-1)9-5-8-15-12(9)11-4-2-7-14-11/h1-8H. The molecule has 0 saturated heterocycles. The molecule has 15 heavy (non-hydrogen) atoms. The Labute approximate surface area is 90.8 Å². The summed E-state index contributed by atoms with van der Waals surface area (Å²) < 4.78 is 10.8. The van der Waals surface area contributed by atoms with Gasteiger partial charge in [0.15, 0.2) is 0 Å². The smallest absolute Gasteiger partial charge is 0.144 e. The van der Waals surface area contributed by atoms with Crippen molar-refractivity contribution in [1.82, 2.24) is 0 Å². The van der Waals surface area contributed by atoms with Gasteiger partial charge in [-0.1, -0.05) is 0 Å². The Bertz CT molecular complexity index is 483. The molecule has 0 aliphatic rings. The molecule has 74 valence electrons. The molecule has 0 saturated carbocycles. The third-order valence-electron chi connectivity index (χ3n) is 2.20. The number of rotatable bonds is 2. The van der Waals surface area contributed by atoms with Crippen molar-refractivity contribution in [3.63, 3.8) is 0 Å². The van der Waals surface area contributed by atoms with Crippen molar-refractivity contribution in [3.8, 4) is 22.0 Å². The minimum absolute atomic E-state index is 0.877. The monoisotopic (exact) mass is 216 g/mol. The summed E-state index contributed by atoms with van der Waals surface area (Å²) in [5, 5.41) is 2.04. The Morgan fingerprint density at radius 2 is 1.60 bits per heavy atom. The molecule has 0 atom stereocenters. The van der Waals surface area contributed by atoms with E-state index >= 15 is 0 Å². The Morgan fingerprint density at radius 1 is 0.867 bits per heavy atom. The number of thiophene rings is 1. The first-order valence-corrected chi connectivity index (χ1v) is 5.48. The van der Waals surface area contributed by atoms with Crippen LogP contribution in [0.3, 0.4) is 0 Å². The molecule has 0 spiro atoms. The lowest BCUT2D eigenvalue weighted by Gasteiger charge is -1.96. The van der Waals surface area contributed by atoms with Gasteiger partial charge in [0, 0.05) is 5.56 Å². The van der Waals surface area contributed by atoms with Crippen molar-refractivity contribution in [2.45, 2.75) is 0 Å². The zero-order chi connectivity index (χ0) is 10.1. The van der Waals surface area contributed by atoms with E-state index in [1.807, 2.05) is 35.7 Å². The third kappa shape index (κ3) is 1.41. The highest BCUT2D eigenvalue weighted by atomic mass is 32.1. The maximum atomic E-state index is 5.39. The van der Waals surface area contributed by atoms with Crippen molar-refractivity contribution < 1.29 is 8.83 Å². The van der Waals surface area contributed by atoms with Crippen molar-refractivity contribution in [2.75, 3.05) is 0 Å². The Kier molecular flexibility index (Phi) is 1.96. The van der Waals surface area contributed by atoms with Crippen LogP contribution in [0.2, 0.25) is 0 Å². The fraction of sp³-hybridized carbons (Fsp3) is 0. The third-order valence-corrected chi connectivity index (χ3v) is 3.13. The van der Waals surface area contributed by atoms with Crippen molar-refractivity contribution in [3.05, 3.63) is 48.2 Å². The van der Waals surface area contributed by atoms with Crippen molar-refractivity contribution >= 4 is 11.3 Å². The van der Waals surface area contributed by atoms with E-state index in [0.29, 0.717) is 0 Å². The van der Waals surface area contributed by atoms with Gasteiger partial charge in [-0.05, 0) is 35.7 Å². The maximum absolute atomic E-state index is 5.39. The SMILES string of the molecule is c1coc(-c2ccsc2-c2ccco2)c1. The predicted molar refractivity (Wildman–Crippen MR) is 59.7 cm³/mol. The maximum Gasteiger partial charge on any atom is 0.144 e. The fourth-order valence-corrected chi connectivity index (χ4v) is 2.40. The van der Waals surface area contributed by atoms with Gasteiger partial charge in [-0.15, -0.1) is 11.3 Å². The van der Waals surface area contributed by atoms with E-state index in [-0.39, 0.29) is 0 Å². The molecule has 0 aromatic carbocycles. The summed E-state index contributed by atoms with van der Waals surface area (Å²) in [4.78, 5) is 1.11. The lowest BCUT2D eigenvalue weighted by atomic mass is 10.2. The van der Waals surface area contributed by atoms with E-state index in [4.69, 9.17) is 8.83 Å². The minimum atomic E-state index is 0.877. The average Bonchev–Trinajstić information content (AvgIpc) is 3.01. The average molecular weight is 216 g/mol. The topological polar surface area (TPSA) is 26.3 Å². The van der Waals surface area contributed by atoms with Crippen LogP contribution >= 0.6 is 11.3 Å². The molecule has 3 aromatic heterocycles. The van der Waals surface area contributed by atoms with Gasteiger partial charge < -0.3 is 8.83 Å². The quantitative estimate of drug-likeness (QED) is 0.639. The second kappa shape index (κ2) is 3.44. The molecule has 2 nitrogen and oxygen atoms in total. The van der Waals surface area contributed by atoms with Crippen LogP contribution < -0.4 is 0 Å². The number of furan rings is 2. The Hall–Kier alpha value is -1.74. The highest BCUT2D eigenvalue weighted by Crippen LogP contribution is 2.36. The largest absolute Gasteiger partial charge is 0.464 e.